The average molecular weight is 353 g/mol. The molecule has 3 rings (SSSR count). The van der Waals surface area contributed by atoms with Crippen molar-refractivity contribution in [1.82, 2.24) is 24.7 Å². The molecule has 0 amide bonds. The van der Waals surface area contributed by atoms with Gasteiger partial charge in [0.2, 0.25) is 0 Å². The molecule has 0 saturated carbocycles. The highest BCUT2D eigenvalue weighted by Gasteiger charge is 2.15. The van der Waals surface area contributed by atoms with Crippen LogP contribution in [0.4, 0.5) is 5.69 Å². The molecule has 2 heterocycles. The fraction of sp³-hybridized carbons (Fsp3) is 0.133. The Hall–Kier alpha value is -3.32. The summed E-state index contributed by atoms with van der Waals surface area (Å²) in [5, 5.41) is 29.1. The maximum Gasteiger partial charge on any atom is 0.269 e. The minimum absolute atomic E-state index is 0.0220. The lowest BCUT2D eigenvalue weighted by Crippen LogP contribution is -2.00. The number of rotatable bonds is 5. The standard InChI is InChI=1S/C15H11N7O2S/c1-2-21-14(10-3-5-12(6-4-10)22(23)24)19-20-15(21)25-13-9-17-11(7-16)8-18-13/h3-6,8-9H,2H2,1H3. The molecule has 9 nitrogen and oxygen atoms in total. The monoisotopic (exact) mass is 353 g/mol. The Kier molecular flexibility index (Phi) is 4.67. The van der Waals surface area contributed by atoms with E-state index in [9.17, 15) is 10.1 Å². The third-order valence-corrected chi connectivity index (χ3v) is 4.21. The van der Waals surface area contributed by atoms with Gasteiger partial charge in [-0.3, -0.25) is 10.1 Å². The topological polar surface area (TPSA) is 123 Å². The highest BCUT2D eigenvalue weighted by atomic mass is 32.2. The van der Waals surface area contributed by atoms with Crippen molar-refractivity contribution in [3.63, 3.8) is 0 Å². The summed E-state index contributed by atoms with van der Waals surface area (Å²) in [5.74, 6) is 0.613. The fourth-order valence-electron chi connectivity index (χ4n) is 2.12. The Labute approximate surface area is 146 Å². The van der Waals surface area contributed by atoms with E-state index in [0.717, 1.165) is 5.56 Å². The van der Waals surface area contributed by atoms with Crippen LogP contribution in [0.1, 0.15) is 12.6 Å². The van der Waals surface area contributed by atoms with Crippen molar-refractivity contribution < 1.29 is 4.92 Å². The SMILES string of the molecule is CCn1c(Sc2cnc(C#N)cn2)nnc1-c1ccc([N+](=O)[O-])cc1. The molecule has 25 heavy (non-hydrogen) atoms. The van der Waals surface area contributed by atoms with Crippen molar-refractivity contribution >= 4 is 17.4 Å². The lowest BCUT2D eigenvalue weighted by molar-refractivity contribution is -0.384. The van der Waals surface area contributed by atoms with Gasteiger partial charge >= 0.3 is 0 Å². The third-order valence-electron chi connectivity index (χ3n) is 3.31. The number of nitrogens with zero attached hydrogens (tertiary/aromatic N) is 7. The molecule has 1 aromatic carbocycles. The number of non-ortho nitro benzene ring substituents is 1. The zero-order chi connectivity index (χ0) is 17.8. The van der Waals surface area contributed by atoms with Crippen molar-refractivity contribution in [3.8, 4) is 17.5 Å². The van der Waals surface area contributed by atoms with Crippen molar-refractivity contribution in [2.45, 2.75) is 23.7 Å². The van der Waals surface area contributed by atoms with Crippen LogP contribution in [0.25, 0.3) is 11.4 Å². The number of nitriles is 1. The molecule has 0 aliphatic rings. The van der Waals surface area contributed by atoms with Crippen molar-refractivity contribution in [3.05, 3.63) is 52.5 Å². The van der Waals surface area contributed by atoms with E-state index in [1.54, 1.807) is 12.1 Å². The summed E-state index contributed by atoms with van der Waals surface area (Å²) < 4.78 is 1.88. The van der Waals surface area contributed by atoms with Gasteiger partial charge in [-0.1, -0.05) is 0 Å². The molecule has 0 spiro atoms. The van der Waals surface area contributed by atoms with Crippen LogP contribution in [-0.4, -0.2) is 29.7 Å². The zero-order valence-corrected chi connectivity index (χ0v) is 13.8. The van der Waals surface area contributed by atoms with Gasteiger partial charge in [-0.25, -0.2) is 9.97 Å². The number of nitro benzene ring substituents is 1. The molecule has 0 aliphatic carbocycles. The first kappa shape index (κ1) is 16.5. The highest BCUT2D eigenvalue weighted by molar-refractivity contribution is 7.99. The number of hydrogen-bond donors (Lipinski definition) is 0. The molecule has 10 heteroatoms. The average Bonchev–Trinajstić information content (AvgIpc) is 3.05. The van der Waals surface area contributed by atoms with Crippen molar-refractivity contribution in [2.24, 2.45) is 0 Å². The lowest BCUT2D eigenvalue weighted by Gasteiger charge is -2.06. The molecule has 124 valence electrons. The molecule has 0 fully saturated rings. The van der Waals surface area contributed by atoms with E-state index in [2.05, 4.69) is 20.2 Å². The van der Waals surface area contributed by atoms with Gasteiger partial charge in [0.1, 0.15) is 11.1 Å². The predicted molar refractivity (Wildman–Crippen MR) is 88.7 cm³/mol. The van der Waals surface area contributed by atoms with Crippen LogP contribution in [-0.2, 0) is 6.54 Å². The van der Waals surface area contributed by atoms with Crippen LogP contribution < -0.4 is 0 Å². The lowest BCUT2D eigenvalue weighted by atomic mass is 10.2. The van der Waals surface area contributed by atoms with E-state index in [1.807, 2.05) is 17.6 Å². The van der Waals surface area contributed by atoms with Gasteiger partial charge in [0.15, 0.2) is 16.7 Å². The molecule has 3 aromatic rings. The number of hydrogen-bond acceptors (Lipinski definition) is 8. The second-order valence-electron chi connectivity index (χ2n) is 4.81. The number of aromatic nitrogens is 5. The van der Waals surface area contributed by atoms with Gasteiger partial charge in [0.25, 0.3) is 5.69 Å². The Bertz CT molecular complexity index is 946. The second-order valence-corrected chi connectivity index (χ2v) is 5.80. The maximum absolute atomic E-state index is 10.8. The van der Waals surface area contributed by atoms with E-state index < -0.39 is 4.92 Å². The Morgan fingerprint density at radius 2 is 2.00 bits per heavy atom. The molecule has 0 unspecified atom stereocenters. The van der Waals surface area contributed by atoms with E-state index in [1.165, 1.54) is 36.3 Å². The summed E-state index contributed by atoms with van der Waals surface area (Å²) in [4.78, 5) is 18.4. The van der Waals surface area contributed by atoms with E-state index in [-0.39, 0.29) is 11.4 Å². The Morgan fingerprint density at radius 3 is 2.56 bits per heavy atom. The molecular formula is C15H11N7O2S. The molecule has 0 bridgehead atoms. The molecule has 0 radical (unpaired) electrons. The summed E-state index contributed by atoms with van der Waals surface area (Å²) in [6, 6.07) is 8.07. The van der Waals surface area contributed by atoms with E-state index in [4.69, 9.17) is 5.26 Å². The quantitative estimate of drug-likeness (QED) is 0.506. The van der Waals surface area contributed by atoms with Gasteiger partial charge in [-0.05, 0) is 30.8 Å². The van der Waals surface area contributed by atoms with Gasteiger partial charge in [0.05, 0.1) is 17.3 Å². The van der Waals surface area contributed by atoms with Gasteiger partial charge in [-0.15, -0.1) is 10.2 Å². The molecular weight excluding hydrogens is 342 g/mol. The fourth-order valence-corrected chi connectivity index (χ4v) is 2.92. The summed E-state index contributed by atoms with van der Waals surface area (Å²) in [7, 11) is 0. The minimum Gasteiger partial charge on any atom is -0.302 e. The smallest absolute Gasteiger partial charge is 0.269 e. The summed E-state index contributed by atoms with van der Waals surface area (Å²) >= 11 is 1.28. The van der Waals surface area contributed by atoms with Crippen molar-refractivity contribution in [2.75, 3.05) is 0 Å². The first-order chi connectivity index (χ1) is 12.1. The number of benzene rings is 1. The maximum atomic E-state index is 10.8. The molecule has 0 saturated heterocycles. The highest BCUT2D eigenvalue weighted by Crippen LogP contribution is 2.28. The Morgan fingerprint density at radius 1 is 1.24 bits per heavy atom. The van der Waals surface area contributed by atoms with Crippen LogP contribution in [0.3, 0.4) is 0 Å². The van der Waals surface area contributed by atoms with Gasteiger partial charge in [-0.2, -0.15) is 5.26 Å². The molecule has 0 aliphatic heterocycles. The normalized spacial score (nSPS) is 10.4. The molecule has 2 aromatic heterocycles. The second kappa shape index (κ2) is 7.06. The number of nitro groups is 1. The molecule has 0 atom stereocenters. The first-order valence-electron chi connectivity index (χ1n) is 7.20. The summed E-state index contributed by atoms with van der Waals surface area (Å²) in [5.41, 5.74) is 0.999. The van der Waals surface area contributed by atoms with E-state index >= 15 is 0 Å². The minimum atomic E-state index is -0.445. The third kappa shape index (κ3) is 3.46. The Balaban J connectivity index is 1.90. The van der Waals surface area contributed by atoms with Gasteiger partial charge < -0.3 is 4.57 Å². The largest absolute Gasteiger partial charge is 0.302 e. The van der Waals surface area contributed by atoms with Crippen molar-refractivity contribution in [1.29, 1.82) is 5.26 Å². The first-order valence-corrected chi connectivity index (χ1v) is 8.02. The molecule has 0 N–H and O–H groups in total. The van der Waals surface area contributed by atoms with Crippen LogP contribution in [0.2, 0.25) is 0 Å². The van der Waals surface area contributed by atoms with Crippen LogP contribution >= 0.6 is 11.8 Å². The van der Waals surface area contributed by atoms with Gasteiger partial charge in [0, 0.05) is 24.2 Å². The predicted octanol–water partition coefficient (Wildman–Crippen LogP) is 2.69. The zero-order valence-electron chi connectivity index (χ0n) is 13.0. The van der Waals surface area contributed by atoms with Crippen LogP contribution in [0.5, 0.6) is 0 Å². The van der Waals surface area contributed by atoms with E-state index in [0.29, 0.717) is 22.6 Å². The van der Waals surface area contributed by atoms with Crippen LogP contribution in [0.15, 0.2) is 46.8 Å². The van der Waals surface area contributed by atoms with Crippen LogP contribution in [0, 0.1) is 21.4 Å². The summed E-state index contributed by atoms with van der Waals surface area (Å²) in [6.07, 6.45) is 2.90. The summed E-state index contributed by atoms with van der Waals surface area (Å²) in [6.45, 7) is 2.57.